The Hall–Kier alpha value is -4.92. The van der Waals surface area contributed by atoms with E-state index in [0.29, 0.717) is 6.42 Å². The number of ether oxygens (including phenoxy) is 4. The van der Waals surface area contributed by atoms with Crippen molar-refractivity contribution in [3.63, 3.8) is 0 Å². The first-order chi connectivity index (χ1) is 37.9. The molecule has 6 aromatic rings. The molecule has 0 bridgehead atoms. The molecule has 0 unspecified atom stereocenters. The molecule has 0 aliphatic carbocycles. The van der Waals surface area contributed by atoms with E-state index in [9.17, 15) is 0 Å². The second-order valence-electron chi connectivity index (χ2n) is 21.4. The summed E-state index contributed by atoms with van der Waals surface area (Å²) in [6.45, 7) is 13.7. The number of nitrogens with zero attached hydrogens (tertiary/aromatic N) is 2. The van der Waals surface area contributed by atoms with E-state index in [2.05, 4.69) is 135 Å². The average Bonchev–Trinajstić information content (AvgIpc) is 4.18. The van der Waals surface area contributed by atoms with Crippen molar-refractivity contribution >= 4 is 34.0 Å². The van der Waals surface area contributed by atoms with E-state index in [1.165, 1.54) is 196 Å². The van der Waals surface area contributed by atoms with E-state index in [1.807, 2.05) is 0 Å². The fourth-order valence-corrected chi connectivity index (χ4v) is 12.8. The topological polar surface area (TPSA) is 43.4 Å². The molecule has 420 valence electrons. The number of anilines is 2. The maximum Gasteiger partial charge on any atom is 0.126 e. The SMILES string of the molecule is CCCCCCCCN(CCCCCCCC)c1ccc(-c2ccc(-c3cc(OC)c(Cc4c(OC)cc(-c5ccc(-c6ccc(N(CCCCCCCC)CCCCCCCC)cc6)s5)cc4OC)c(OC)c3)s2)cc1. The van der Waals surface area contributed by atoms with Gasteiger partial charge in [0.05, 0.1) is 28.4 Å². The lowest BCUT2D eigenvalue weighted by Gasteiger charge is -2.25. The lowest BCUT2D eigenvalue weighted by molar-refractivity contribution is 0.378. The van der Waals surface area contributed by atoms with Crippen LogP contribution in [-0.4, -0.2) is 54.6 Å². The van der Waals surface area contributed by atoms with E-state index in [1.54, 1.807) is 51.1 Å². The van der Waals surface area contributed by atoms with Crippen molar-refractivity contribution in [3.05, 3.63) is 108 Å². The van der Waals surface area contributed by atoms with Gasteiger partial charge < -0.3 is 28.7 Å². The molecule has 4 aromatic carbocycles. The number of thiophene rings is 2. The number of methoxy groups -OCH3 is 4. The molecule has 0 fully saturated rings. The summed E-state index contributed by atoms with van der Waals surface area (Å²) in [6.07, 6.45) is 32.3. The number of rotatable bonds is 40. The van der Waals surface area contributed by atoms with Gasteiger partial charge in [-0.2, -0.15) is 0 Å². The van der Waals surface area contributed by atoms with Crippen LogP contribution in [0.5, 0.6) is 23.0 Å². The highest BCUT2D eigenvalue weighted by molar-refractivity contribution is 7.19. The van der Waals surface area contributed by atoms with Gasteiger partial charge >= 0.3 is 0 Å². The van der Waals surface area contributed by atoms with Gasteiger partial charge in [-0.3, -0.25) is 0 Å². The summed E-state index contributed by atoms with van der Waals surface area (Å²) in [7, 11) is 6.98. The van der Waals surface area contributed by atoms with Gasteiger partial charge in [0, 0.05) is 74.6 Å². The molecule has 77 heavy (non-hydrogen) atoms. The number of benzene rings is 4. The molecule has 0 N–H and O–H groups in total. The summed E-state index contributed by atoms with van der Waals surface area (Å²) >= 11 is 3.61. The molecular weight excluding hydrogens is 985 g/mol. The van der Waals surface area contributed by atoms with Crippen molar-refractivity contribution in [2.75, 3.05) is 64.4 Å². The Labute approximate surface area is 475 Å². The second-order valence-corrected chi connectivity index (χ2v) is 23.5. The summed E-state index contributed by atoms with van der Waals surface area (Å²) < 4.78 is 24.7. The second kappa shape index (κ2) is 34.9. The van der Waals surface area contributed by atoms with Gasteiger partial charge in [-0.15, -0.1) is 22.7 Å². The summed E-state index contributed by atoms with van der Waals surface area (Å²) in [6, 6.07) is 36.2. The lowest BCUT2D eigenvalue weighted by atomic mass is 9.97. The molecule has 6 rings (SSSR count). The molecule has 0 spiro atoms. The number of hydrogen-bond acceptors (Lipinski definition) is 8. The van der Waals surface area contributed by atoms with E-state index >= 15 is 0 Å². The zero-order chi connectivity index (χ0) is 54.5. The van der Waals surface area contributed by atoms with E-state index < -0.39 is 0 Å². The molecule has 0 aliphatic heterocycles. The monoisotopic (exact) mass is 1080 g/mol. The third kappa shape index (κ3) is 19.2. The minimum absolute atomic E-state index is 0.507. The molecule has 0 saturated heterocycles. The Balaban J connectivity index is 1.15. The zero-order valence-corrected chi connectivity index (χ0v) is 50.7. The van der Waals surface area contributed by atoms with Crippen molar-refractivity contribution in [3.8, 4) is 64.8 Å². The van der Waals surface area contributed by atoms with Crippen LogP contribution in [0, 0.1) is 0 Å². The molecular formula is C69H98N2O4S2. The van der Waals surface area contributed by atoms with E-state index in [0.717, 1.165) is 71.4 Å². The maximum atomic E-state index is 6.16. The van der Waals surface area contributed by atoms with Crippen LogP contribution in [0.15, 0.2) is 97.1 Å². The van der Waals surface area contributed by atoms with Crippen LogP contribution in [-0.2, 0) is 6.42 Å². The van der Waals surface area contributed by atoms with Crippen LogP contribution in [0.4, 0.5) is 11.4 Å². The smallest absolute Gasteiger partial charge is 0.126 e. The normalized spacial score (nSPS) is 11.3. The lowest BCUT2D eigenvalue weighted by Crippen LogP contribution is -2.25. The van der Waals surface area contributed by atoms with E-state index in [-0.39, 0.29) is 0 Å². The maximum absolute atomic E-state index is 6.16. The summed E-state index contributed by atoms with van der Waals surface area (Å²) in [5, 5.41) is 0. The minimum atomic E-state index is 0.507. The first-order valence-electron chi connectivity index (χ1n) is 30.3. The van der Waals surface area contributed by atoms with Crippen LogP contribution < -0.4 is 28.7 Å². The van der Waals surface area contributed by atoms with Crippen LogP contribution in [0.3, 0.4) is 0 Å². The number of unbranched alkanes of at least 4 members (excludes halogenated alkanes) is 20. The van der Waals surface area contributed by atoms with Gasteiger partial charge in [0.1, 0.15) is 23.0 Å². The van der Waals surface area contributed by atoms with Crippen LogP contribution >= 0.6 is 22.7 Å². The quantitative estimate of drug-likeness (QED) is 0.0357. The Bertz CT molecular complexity index is 2290. The molecule has 0 amide bonds. The molecule has 2 aromatic heterocycles. The molecule has 0 saturated carbocycles. The standard InChI is InChI=1S/C69H98N2O4S2/c1-9-13-17-21-25-29-45-70(46-30-26-22-18-14-10-2)58-37-33-54(34-38-58)66-41-43-68(76-66)56-49-62(72-5)60(63(50-56)73-6)53-61-64(74-7)51-57(52-65(61)75-8)69-44-42-67(77-69)55-35-39-59(40-36-55)71(47-31-27-23-19-15-11-3)48-32-28-24-20-16-12-4/h33-44,49-52H,9-32,45-48,53H2,1-8H3. The molecule has 2 heterocycles. The first kappa shape index (κ1) is 61.3. The Morgan fingerprint density at radius 1 is 0.299 bits per heavy atom. The predicted octanol–water partition coefficient (Wildman–Crippen LogP) is 21.2. The summed E-state index contributed by atoms with van der Waals surface area (Å²) in [5.41, 5.74) is 9.20. The van der Waals surface area contributed by atoms with Crippen molar-refractivity contribution in [2.45, 2.75) is 188 Å². The minimum Gasteiger partial charge on any atom is -0.496 e. The predicted molar refractivity (Wildman–Crippen MR) is 337 cm³/mol. The van der Waals surface area contributed by atoms with Crippen molar-refractivity contribution in [1.29, 1.82) is 0 Å². The van der Waals surface area contributed by atoms with Crippen LogP contribution in [0.1, 0.15) is 193 Å². The number of hydrogen-bond donors (Lipinski definition) is 0. The van der Waals surface area contributed by atoms with Crippen molar-refractivity contribution in [1.82, 2.24) is 0 Å². The van der Waals surface area contributed by atoms with Gasteiger partial charge in [0.25, 0.3) is 0 Å². The van der Waals surface area contributed by atoms with Crippen molar-refractivity contribution in [2.24, 2.45) is 0 Å². The van der Waals surface area contributed by atoms with Crippen LogP contribution in [0.25, 0.3) is 41.8 Å². The highest BCUT2D eigenvalue weighted by Crippen LogP contribution is 2.45. The zero-order valence-electron chi connectivity index (χ0n) is 49.1. The molecule has 0 aliphatic rings. The Kier molecular flexibility index (Phi) is 27.7. The highest BCUT2D eigenvalue weighted by Gasteiger charge is 2.22. The third-order valence-corrected chi connectivity index (χ3v) is 17.9. The Morgan fingerprint density at radius 2 is 0.545 bits per heavy atom. The molecule has 0 radical (unpaired) electrons. The molecule has 6 nitrogen and oxygen atoms in total. The first-order valence-corrected chi connectivity index (χ1v) is 31.9. The van der Waals surface area contributed by atoms with Crippen LogP contribution in [0.2, 0.25) is 0 Å². The third-order valence-electron chi connectivity index (χ3n) is 15.5. The largest absolute Gasteiger partial charge is 0.496 e. The summed E-state index contributed by atoms with van der Waals surface area (Å²) in [4.78, 5) is 10.1. The van der Waals surface area contributed by atoms with Gasteiger partial charge in [-0.05, 0) is 121 Å². The van der Waals surface area contributed by atoms with Gasteiger partial charge in [0.15, 0.2) is 0 Å². The summed E-state index contributed by atoms with van der Waals surface area (Å²) in [5.74, 6) is 3.07. The van der Waals surface area contributed by atoms with Gasteiger partial charge in [-0.25, -0.2) is 0 Å². The Morgan fingerprint density at radius 3 is 0.805 bits per heavy atom. The molecule has 8 heteroatoms. The fourth-order valence-electron chi connectivity index (χ4n) is 10.8. The molecule has 0 atom stereocenters. The van der Waals surface area contributed by atoms with Gasteiger partial charge in [0.2, 0.25) is 0 Å². The highest BCUT2D eigenvalue weighted by atomic mass is 32.1. The van der Waals surface area contributed by atoms with Crippen molar-refractivity contribution < 1.29 is 18.9 Å². The van der Waals surface area contributed by atoms with E-state index in [4.69, 9.17) is 18.9 Å². The fraction of sp³-hybridized carbons (Fsp3) is 0.536. The average molecular weight is 1080 g/mol. The van der Waals surface area contributed by atoms with Gasteiger partial charge in [-0.1, -0.05) is 180 Å².